The fraction of sp³-hybridized carbons (Fsp3) is 0.125. The van der Waals surface area contributed by atoms with Crippen molar-refractivity contribution < 1.29 is 18.6 Å². The number of rotatable bonds is 6. The van der Waals surface area contributed by atoms with E-state index in [1.807, 2.05) is 36.4 Å². The van der Waals surface area contributed by atoms with E-state index in [0.29, 0.717) is 40.6 Å². The first-order chi connectivity index (χ1) is 14.2. The van der Waals surface area contributed by atoms with Gasteiger partial charge in [-0.25, -0.2) is 0 Å². The van der Waals surface area contributed by atoms with Gasteiger partial charge in [-0.3, -0.25) is 4.79 Å². The molecule has 0 spiro atoms. The van der Waals surface area contributed by atoms with E-state index >= 15 is 0 Å². The molecular weight excluding hydrogens is 368 g/mol. The smallest absolute Gasteiger partial charge is 0.193 e. The van der Waals surface area contributed by atoms with Gasteiger partial charge in [0.05, 0.1) is 19.6 Å². The molecule has 3 aromatic carbocycles. The Balaban J connectivity index is 1.69. The predicted molar refractivity (Wildman–Crippen MR) is 112 cm³/mol. The van der Waals surface area contributed by atoms with E-state index < -0.39 is 0 Å². The van der Waals surface area contributed by atoms with E-state index in [2.05, 4.69) is 0 Å². The molecule has 0 saturated heterocycles. The lowest BCUT2D eigenvalue weighted by molar-refractivity contribution is 0.306. The third-order valence-electron chi connectivity index (χ3n) is 4.62. The van der Waals surface area contributed by atoms with Gasteiger partial charge in [0.1, 0.15) is 23.7 Å². The SMILES string of the molecule is COc1ccc(-c2cc(=O)c3ccc(OCc4ccccc4)cc3o2)cc1OC. The van der Waals surface area contributed by atoms with Crippen LogP contribution >= 0.6 is 0 Å². The topological polar surface area (TPSA) is 57.9 Å². The summed E-state index contributed by atoms with van der Waals surface area (Å²) in [6.45, 7) is 0.436. The lowest BCUT2D eigenvalue weighted by Crippen LogP contribution is -2.01. The number of fused-ring (bicyclic) bond motifs is 1. The van der Waals surface area contributed by atoms with Gasteiger partial charge in [-0.2, -0.15) is 0 Å². The Labute approximate surface area is 168 Å². The number of benzene rings is 3. The summed E-state index contributed by atoms with van der Waals surface area (Å²) in [4.78, 5) is 12.6. The Morgan fingerprint density at radius 1 is 0.828 bits per heavy atom. The van der Waals surface area contributed by atoms with Gasteiger partial charge in [-0.1, -0.05) is 30.3 Å². The van der Waals surface area contributed by atoms with E-state index in [-0.39, 0.29) is 5.43 Å². The zero-order valence-electron chi connectivity index (χ0n) is 16.2. The molecule has 0 N–H and O–H groups in total. The molecule has 4 rings (SSSR count). The Morgan fingerprint density at radius 2 is 1.62 bits per heavy atom. The van der Waals surface area contributed by atoms with Gasteiger partial charge in [0, 0.05) is 17.7 Å². The average molecular weight is 388 g/mol. The van der Waals surface area contributed by atoms with Crippen LogP contribution in [0.4, 0.5) is 0 Å². The molecule has 0 radical (unpaired) electrons. The van der Waals surface area contributed by atoms with Crippen molar-refractivity contribution in [2.75, 3.05) is 14.2 Å². The summed E-state index contributed by atoms with van der Waals surface area (Å²) in [5, 5.41) is 0.501. The van der Waals surface area contributed by atoms with Crippen LogP contribution in [-0.4, -0.2) is 14.2 Å². The maximum atomic E-state index is 12.6. The Hall–Kier alpha value is -3.73. The highest BCUT2D eigenvalue weighted by atomic mass is 16.5. The van der Waals surface area contributed by atoms with E-state index in [1.165, 1.54) is 6.07 Å². The first-order valence-electron chi connectivity index (χ1n) is 9.15. The fourth-order valence-corrected chi connectivity index (χ4v) is 3.10. The molecule has 0 bridgehead atoms. The molecule has 0 atom stereocenters. The maximum absolute atomic E-state index is 12.6. The quantitative estimate of drug-likeness (QED) is 0.462. The van der Waals surface area contributed by atoms with Crippen LogP contribution in [0.25, 0.3) is 22.3 Å². The van der Waals surface area contributed by atoms with Gasteiger partial charge >= 0.3 is 0 Å². The van der Waals surface area contributed by atoms with Crippen molar-refractivity contribution in [1.29, 1.82) is 0 Å². The van der Waals surface area contributed by atoms with Crippen LogP contribution < -0.4 is 19.6 Å². The average Bonchev–Trinajstić information content (AvgIpc) is 2.77. The zero-order valence-corrected chi connectivity index (χ0v) is 16.2. The standard InChI is InChI=1S/C24H20O5/c1-26-21-11-8-17(12-24(21)27-2)22-14-20(25)19-10-9-18(13-23(19)29-22)28-15-16-6-4-3-5-7-16/h3-14H,15H2,1-2H3. The number of ether oxygens (including phenoxy) is 3. The normalized spacial score (nSPS) is 10.7. The molecule has 0 amide bonds. The van der Waals surface area contributed by atoms with Crippen molar-refractivity contribution in [1.82, 2.24) is 0 Å². The summed E-state index contributed by atoms with van der Waals surface area (Å²) in [6, 6.07) is 22.0. The lowest BCUT2D eigenvalue weighted by Gasteiger charge is -2.10. The maximum Gasteiger partial charge on any atom is 0.193 e. The molecule has 29 heavy (non-hydrogen) atoms. The first-order valence-corrected chi connectivity index (χ1v) is 9.15. The van der Waals surface area contributed by atoms with Crippen LogP contribution in [0.2, 0.25) is 0 Å². The molecular formula is C24H20O5. The Morgan fingerprint density at radius 3 is 2.38 bits per heavy atom. The molecule has 0 unspecified atom stereocenters. The van der Waals surface area contributed by atoms with Crippen LogP contribution in [0.3, 0.4) is 0 Å². The first kappa shape index (κ1) is 18.6. The third kappa shape index (κ3) is 3.94. The summed E-state index contributed by atoms with van der Waals surface area (Å²) >= 11 is 0. The summed E-state index contributed by atoms with van der Waals surface area (Å²) < 4.78 is 22.5. The molecule has 0 fully saturated rings. The molecule has 0 aliphatic heterocycles. The van der Waals surface area contributed by atoms with Gasteiger partial charge in [0.25, 0.3) is 0 Å². The van der Waals surface area contributed by atoms with E-state index in [0.717, 1.165) is 11.1 Å². The molecule has 0 aliphatic carbocycles. The molecule has 4 aromatic rings. The second-order valence-corrected chi connectivity index (χ2v) is 6.48. The highest BCUT2D eigenvalue weighted by Gasteiger charge is 2.11. The molecule has 5 heteroatoms. The predicted octanol–water partition coefficient (Wildman–Crippen LogP) is 5.06. The minimum Gasteiger partial charge on any atom is -0.493 e. The minimum atomic E-state index is -0.120. The highest BCUT2D eigenvalue weighted by Crippen LogP contribution is 2.33. The van der Waals surface area contributed by atoms with Gasteiger partial charge in [-0.05, 0) is 35.9 Å². The summed E-state index contributed by atoms with van der Waals surface area (Å²) in [6.07, 6.45) is 0. The Bertz CT molecular complexity index is 1200. The molecule has 1 aromatic heterocycles. The largest absolute Gasteiger partial charge is 0.493 e. The number of hydrogen-bond acceptors (Lipinski definition) is 5. The van der Waals surface area contributed by atoms with Crippen molar-refractivity contribution in [2.45, 2.75) is 6.61 Å². The van der Waals surface area contributed by atoms with Crippen LogP contribution in [-0.2, 0) is 6.61 Å². The number of methoxy groups -OCH3 is 2. The van der Waals surface area contributed by atoms with Crippen molar-refractivity contribution in [3.63, 3.8) is 0 Å². The van der Waals surface area contributed by atoms with Crippen molar-refractivity contribution >= 4 is 11.0 Å². The number of hydrogen-bond donors (Lipinski definition) is 0. The van der Waals surface area contributed by atoms with Crippen LogP contribution in [0, 0.1) is 0 Å². The summed E-state index contributed by atoms with van der Waals surface area (Å²) in [7, 11) is 3.14. The molecule has 0 saturated carbocycles. The van der Waals surface area contributed by atoms with Crippen LogP contribution in [0.5, 0.6) is 17.2 Å². The van der Waals surface area contributed by atoms with Gasteiger partial charge in [0.15, 0.2) is 16.9 Å². The fourth-order valence-electron chi connectivity index (χ4n) is 3.10. The second-order valence-electron chi connectivity index (χ2n) is 6.48. The Kier molecular flexibility index (Phi) is 5.20. The zero-order chi connectivity index (χ0) is 20.2. The monoisotopic (exact) mass is 388 g/mol. The molecule has 146 valence electrons. The van der Waals surface area contributed by atoms with Crippen LogP contribution in [0.15, 0.2) is 82.0 Å². The molecule has 0 aliphatic rings. The summed E-state index contributed by atoms with van der Waals surface area (Å²) in [5.74, 6) is 2.25. The van der Waals surface area contributed by atoms with Gasteiger partial charge in [-0.15, -0.1) is 0 Å². The van der Waals surface area contributed by atoms with Crippen LogP contribution in [0.1, 0.15) is 5.56 Å². The molecule has 1 heterocycles. The van der Waals surface area contributed by atoms with E-state index in [1.54, 1.807) is 44.6 Å². The summed E-state index contributed by atoms with van der Waals surface area (Å²) in [5.41, 5.74) is 2.13. The van der Waals surface area contributed by atoms with Crippen molar-refractivity contribution in [2.24, 2.45) is 0 Å². The molecule has 5 nitrogen and oxygen atoms in total. The lowest BCUT2D eigenvalue weighted by atomic mass is 10.1. The third-order valence-corrected chi connectivity index (χ3v) is 4.62. The second kappa shape index (κ2) is 8.10. The van der Waals surface area contributed by atoms with Crippen molar-refractivity contribution in [3.05, 3.63) is 88.6 Å². The van der Waals surface area contributed by atoms with E-state index in [4.69, 9.17) is 18.6 Å². The highest BCUT2D eigenvalue weighted by molar-refractivity contribution is 5.80. The van der Waals surface area contributed by atoms with Crippen molar-refractivity contribution in [3.8, 4) is 28.6 Å². The van der Waals surface area contributed by atoms with Gasteiger partial charge in [0.2, 0.25) is 0 Å². The minimum absolute atomic E-state index is 0.120. The van der Waals surface area contributed by atoms with E-state index in [9.17, 15) is 4.79 Å². The van der Waals surface area contributed by atoms with Gasteiger partial charge < -0.3 is 18.6 Å².